The van der Waals surface area contributed by atoms with Crippen LogP contribution in [0, 0.1) is 11.7 Å². The van der Waals surface area contributed by atoms with Crippen molar-refractivity contribution >= 4 is 15.9 Å². The third-order valence-electron chi connectivity index (χ3n) is 5.43. The van der Waals surface area contributed by atoms with Gasteiger partial charge in [0.05, 0.1) is 11.4 Å². The molecule has 2 aromatic carbocycles. The van der Waals surface area contributed by atoms with Crippen molar-refractivity contribution in [1.29, 1.82) is 0 Å². The molecule has 0 saturated heterocycles. The van der Waals surface area contributed by atoms with Crippen molar-refractivity contribution in [3.05, 3.63) is 66.0 Å². The molecule has 1 N–H and O–H groups in total. The Labute approximate surface area is 172 Å². The Bertz CT molecular complexity index is 917. The van der Waals surface area contributed by atoms with E-state index in [4.69, 9.17) is 0 Å². The van der Waals surface area contributed by atoms with Crippen LogP contribution in [0.1, 0.15) is 38.2 Å². The average molecular weight is 419 g/mol. The second kappa shape index (κ2) is 9.50. The largest absolute Gasteiger partial charge is 0.352 e. The molecule has 1 amide bonds. The van der Waals surface area contributed by atoms with Gasteiger partial charge >= 0.3 is 0 Å². The highest BCUT2D eigenvalue weighted by Gasteiger charge is 2.29. The number of halogens is 1. The molecule has 0 aliphatic heterocycles. The fourth-order valence-corrected chi connectivity index (χ4v) is 5.10. The van der Waals surface area contributed by atoms with Crippen molar-refractivity contribution in [2.45, 2.75) is 50.1 Å². The third-order valence-corrected chi connectivity index (χ3v) is 7.24. The van der Waals surface area contributed by atoms with Gasteiger partial charge in [-0.3, -0.25) is 4.79 Å². The molecule has 156 valence electrons. The monoisotopic (exact) mass is 418 g/mol. The number of hydrogen-bond donors (Lipinski definition) is 1. The Morgan fingerprint density at radius 3 is 2.38 bits per heavy atom. The van der Waals surface area contributed by atoms with Crippen molar-refractivity contribution < 1.29 is 17.6 Å². The molecule has 7 heteroatoms. The van der Waals surface area contributed by atoms with E-state index in [2.05, 4.69) is 12.2 Å². The predicted octanol–water partition coefficient (Wildman–Crippen LogP) is 3.71. The highest BCUT2D eigenvalue weighted by atomic mass is 32.2. The Balaban J connectivity index is 1.80. The van der Waals surface area contributed by atoms with Crippen molar-refractivity contribution in [2.24, 2.45) is 5.92 Å². The van der Waals surface area contributed by atoms with E-state index in [-0.39, 0.29) is 29.9 Å². The second-order valence-corrected chi connectivity index (χ2v) is 9.59. The molecular formula is C22H27FN2O3S. The van der Waals surface area contributed by atoms with E-state index in [1.54, 1.807) is 0 Å². The quantitative estimate of drug-likeness (QED) is 0.745. The van der Waals surface area contributed by atoms with Gasteiger partial charge in [0.15, 0.2) is 0 Å². The molecule has 1 aliphatic carbocycles. The van der Waals surface area contributed by atoms with Gasteiger partial charge in [-0.1, -0.05) is 50.1 Å². The Hall–Kier alpha value is -2.25. The highest BCUT2D eigenvalue weighted by molar-refractivity contribution is 7.89. The Kier molecular flexibility index (Phi) is 7.03. The summed E-state index contributed by atoms with van der Waals surface area (Å²) < 4.78 is 40.7. The van der Waals surface area contributed by atoms with E-state index in [1.807, 2.05) is 30.3 Å². The van der Waals surface area contributed by atoms with Gasteiger partial charge in [-0.15, -0.1) is 0 Å². The number of carbonyl (C=O) groups excluding carboxylic acids is 1. The first kappa shape index (κ1) is 21.5. The van der Waals surface area contributed by atoms with Gasteiger partial charge in [0.25, 0.3) is 0 Å². The van der Waals surface area contributed by atoms with Gasteiger partial charge in [0.1, 0.15) is 5.82 Å². The van der Waals surface area contributed by atoms with E-state index < -0.39 is 15.8 Å². The van der Waals surface area contributed by atoms with Crippen LogP contribution >= 0.6 is 0 Å². The molecule has 2 aromatic rings. The van der Waals surface area contributed by atoms with E-state index in [0.29, 0.717) is 5.92 Å². The van der Waals surface area contributed by atoms with Crippen LogP contribution in [0.5, 0.6) is 0 Å². The molecule has 1 fully saturated rings. The topological polar surface area (TPSA) is 66.5 Å². The van der Waals surface area contributed by atoms with Gasteiger partial charge in [-0.05, 0) is 48.6 Å². The fourth-order valence-electron chi connectivity index (χ4n) is 3.71. The van der Waals surface area contributed by atoms with E-state index in [0.717, 1.165) is 47.7 Å². The van der Waals surface area contributed by atoms with Crippen LogP contribution in [0.15, 0.2) is 59.5 Å². The lowest BCUT2D eigenvalue weighted by Gasteiger charge is -2.30. The molecule has 0 unspecified atom stereocenters. The highest BCUT2D eigenvalue weighted by Crippen LogP contribution is 2.24. The van der Waals surface area contributed by atoms with Crippen LogP contribution in [0.2, 0.25) is 0 Å². The van der Waals surface area contributed by atoms with Crippen molar-refractivity contribution in [1.82, 2.24) is 9.62 Å². The molecule has 1 aliphatic rings. The molecule has 29 heavy (non-hydrogen) atoms. The maximum atomic E-state index is 13.3. The average Bonchev–Trinajstić information content (AvgIpc) is 2.70. The molecule has 0 heterocycles. The maximum Gasteiger partial charge on any atom is 0.243 e. The minimum absolute atomic E-state index is 0.0336. The number of nitrogens with zero attached hydrogens (tertiary/aromatic N) is 1. The number of sulfonamides is 1. The lowest BCUT2D eigenvalue weighted by molar-refractivity contribution is -0.122. The first-order valence-corrected chi connectivity index (χ1v) is 11.4. The van der Waals surface area contributed by atoms with Gasteiger partial charge in [0, 0.05) is 12.6 Å². The van der Waals surface area contributed by atoms with Crippen LogP contribution in [0.3, 0.4) is 0 Å². The minimum Gasteiger partial charge on any atom is -0.352 e. The fraction of sp³-hybridized carbons (Fsp3) is 0.409. The summed E-state index contributed by atoms with van der Waals surface area (Å²) in [5, 5.41) is 3.01. The molecule has 0 bridgehead atoms. The molecule has 3 rings (SSSR count). The zero-order valence-corrected chi connectivity index (χ0v) is 17.4. The van der Waals surface area contributed by atoms with Gasteiger partial charge in [-0.25, -0.2) is 12.8 Å². The summed E-state index contributed by atoms with van der Waals surface area (Å²) in [4.78, 5) is 12.7. The maximum absolute atomic E-state index is 13.3. The number of rotatable bonds is 7. The number of benzene rings is 2. The summed E-state index contributed by atoms with van der Waals surface area (Å²) in [5.74, 6) is -0.447. The normalized spacial score (nSPS) is 19.8. The molecule has 2 atom stereocenters. The van der Waals surface area contributed by atoms with Crippen LogP contribution < -0.4 is 5.32 Å². The van der Waals surface area contributed by atoms with Crippen molar-refractivity contribution in [3.8, 4) is 0 Å². The molecular weight excluding hydrogens is 391 g/mol. The summed E-state index contributed by atoms with van der Waals surface area (Å²) in [6.07, 6.45) is 4.20. The van der Waals surface area contributed by atoms with Crippen LogP contribution in [0.25, 0.3) is 0 Å². The van der Waals surface area contributed by atoms with E-state index >= 15 is 0 Å². The van der Waals surface area contributed by atoms with E-state index in [9.17, 15) is 17.6 Å². The molecule has 1 saturated carbocycles. The lowest BCUT2D eigenvalue weighted by Crippen LogP contribution is -2.46. The Morgan fingerprint density at radius 2 is 1.72 bits per heavy atom. The summed E-state index contributed by atoms with van der Waals surface area (Å²) in [7, 11) is -3.96. The SMILES string of the molecule is C[C@@H]1CCCC[C@H]1NC(=O)CN(Cc1ccccc1)S(=O)(=O)c1ccc(F)cc1. The molecule has 0 spiro atoms. The zero-order valence-electron chi connectivity index (χ0n) is 16.6. The molecule has 0 aromatic heterocycles. The number of nitrogens with one attached hydrogen (secondary N) is 1. The van der Waals surface area contributed by atoms with Crippen molar-refractivity contribution in [3.63, 3.8) is 0 Å². The van der Waals surface area contributed by atoms with Crippen LogP contribution in [-0.2, 0) is 21.4 Å². The number of carbonyl (C=O) groups is 1. The third kappa shape index (κ3) is 5.64. The van der Waals surface area contributed by atoms with Crippen molar-refractivity contribution in [2.75, 3.05) is 6.54 Å². The summed E-state index contributed by atoms with van der Waals surface area (Å²) in [5.41, 5.74) is 0.775. The smallest absolute Gasteiger partial charge is 0.243 e. The lowest BCUT2D eigenvalue weighted by atomic mass is 9.86. The first-order valence-electron chi connectivity index (χ1n) is 9.95. The molecule has 5 nitrogen and oxygen atoms in total. The predicted molar refractivity (Wildman–Crippen MR) is 110 cm³/mol. The van der Waals surface area contributed by atoms with Gasteiger partial charge in [0.2, 0.25) is 15.9 Å². The first-order chi connectivity index (χ1) is 13.9. The summed E-state index contributed by atoms with van der Waals surface area (Å²) in [6, 6.07) is 13.9. The van der Waals surface area contributed by atoms with E-state index in [1.165, 1.54) is 12.1 Å². The van der Waals surface area contributed by atoms with Gasteiger partial charge in [-0.2, -0.15) is 4.31 Å². The molecule has 0 radical (unpaired) electrons. The summed E-state index contributed by atoms with van der Waals surface area (Å²) in [6.45, 7) is 1.90. The second-order valence-electron chi connectivity index (χ2n) is 7.65. The summed E-state index contributed by atoms with van der Waals surface area (Å²) >= 11 is 0. The minimum atomic E-state index is -3.96. The van der Waals surface area contributed by atoms with Crippen LogP contribution in [0.4, 0.5) is 4.39 Å². The standard InChI is InChI=1S/C22H27FN2O3S/c1-17-7-5-6-10-21(17)24-22(26)16-25(15-18-8-3-2-4-9-18)29(27,28)20-13-11-19(23)12-14-20/h2-4,8-9,11-14,17,21H,5-7,10,15-16H2,1H3,(H,24,26)/t17-,21-/m1/s1. The number of hydrogen-bond acceptors (Lipinski definition) is 3. The number of amides is 1. The van der Waals surface area contributed by atoms with Gasteiger partial charge < -0.3 is 5.32 Å². The van der Waals surface area contributed by atoms with Crippen LogP contribution in [-0.4, -0.2) is 31.2 Å². The Morgan fingerprint density at radius 1 is 1.07 bits per heavy atom. The zero-order chi connectivity index (χ0) is 20.9.